The molecule has 2 aliphatic heterocycles. The average Bonchev–Trinajstić information content (AvgIpc) is 3.36. The van der Waals surface area contributed by atoms with Crippen LogP contribution in [-0.2, 0) is 29.1 Å². The van der Waals surface area contributed by atoms with Gasteiger partial charge in [0, 0.05) is 19.3 Å². The van der Waals surface area contributed by atoms with Crippen molar-refractivity contribution in [2.45, 2.75) is 87.4 Å². The second kappa shape index (κ2) is 12.2. The minimum Gasteiger partial charge on any atom is -0.368 e. The average molecular weight is 521 g/mol. The summed E-state index contributed by atoms with van der Waals surface area (Å²) in [6, 6.07) is 3.04. The Labute approximate surface area is 212 Å². The van der Waals surface area contributed by atoms with Gasteiger partial charge < -0.3 is 15.4 Å². The van der Waals surface area contributed by atoms with Crippen molar-refractivity contribution in [1.82, 2.24) is 19.9 Å². The van der Waals surface area contributed by atoms with Gasteiger partial charge in [-0.2, -0.15) is 4.31 Å². The number of aromatic nitrogens is 1. The zero-order valence-electron chi connectivity index (χ0n) is 20.6. The molecule has 1 aliphatic carbocycles. The molecular weight excluding hydrogens is 484 g/mol. The van der Waals surface area contributed by atoms with Gasteiger partial charge in [0.1, 0.15) is 12.1 Å². The summed E-state index contributed by atoms with van der Waals surface area (Å²) >= 11 is 0. The molecule has 10 nitrogen and oxygen atoms in total. The lowest BCUT2D eigenvalue weighted by Gasteiger charge is -2.28. The summed E-state index contributed by atoms with van der Waals surface area (Å²) < 4.78 is 32.5. The highest BCUT2D eigenvalue weighted by atomic mass is 32.2. The molecule has 198 valence electrons. The molecule has 4 rings (SSSR count). The van der Waals surface area contributed by atoms with Gasteiger partial charge in [0.2, 0.25) is 11.8 Å². The molecule has 1 saturated carbocycles. The first-order valence-electron chi connectivity index (χ1n) is 13.0. The SMILES string of the molecule is O=C1CN(S(=O)(=O)c2ccccn2)CCCC1NC(=O)[C@H](CC1CCCCC1)NC(=O)[C@H]1CCCO1. The van der Waals surface area contributed by atoms with Crippen LogP contribution in [0.25, 0.3) is 0 Å². The van der Waals surface area contributed by atoms with E-state index in [1.807, 2.05) is 0 Å². The molecule has 2 N–H and O–H groups in total. The maximum atomic E-state index is 13.3. The number of ketones is 1. The molecule has 0 spiro atoms. The summed E-state index contributed by atoms with van der Waals surface area (Å²) in [5.41, 5.74) is 0. The first-order valence-corrected chi connectivity index (χ1v) is 14.4. The van der Waals surface area contributed by atoms with Crippen LogP contribution in [0.2, 0.25) is 0 Å². The molecule has 3 atom stereocenters. The molecule has 11 heteroatoms. The molecule has 1 aromatic heterocycles. The van der Waals surface area contributed by atoms with E-state index >= 15 is 0 Å². The number of amides is 2. The zero-order chi connectivity index (χ0) is 25.5. The molecule has 1 aromatic rings. The molecule has 0 radical (unpaired) electrons. The first-order chi connectivity index (χ1) is 17.3. The summed E-state index contributed by atoms with van der Waals surface area (Å²) in [6.45, 7) is 0.365. The topological polar surface area (TPSA) is 135 Å². The fourth-order valence-electron chi connectivity index (χ4n) is 5.29. The van der Waals surface area contributed by atoms with Gasteiger partial charge in [0.25, 0.3) is 10.0 Å². The van der Waals surface area contributed by atoms with E-state index < -0.39 is 34.1 Å². The zero-order valence-corrected chi connectivity index (χ0v) is 21.4. The quantitative estimate of drug-likeness (QED) is 0.531. The number of Topliss-reactive ketones (excluding diaryl/α,β-unsaturated/α-hetero) is 1. The van der Waals surface area contributed by atoms with E-state index in [1.54, 1.807) is 12.1 Å². The monoisotopic (exact) mass is 520 g/mol. The van der Waals surface area contributed by atoms with Gasteiger partial charge in [0.15, 0.2) is 10.8 Å². The second-order valence-corrected chi connectivity index (χ2v) is 11.9. The number of nitrogens with zero attached hydrogens (tertiary/aromatic N) is 2. The van der Waals surface area contributed by atoms with Crippen LogP contribution in [0.5, 0.6) is 0 Å². The summed E-state index contributed by atoms with van der Waals surface area (Å²) in [6.07, 6.45) is 8.99. The highest BCUT2D eigenvalue weighted by molar-refractivity contribution is 7.89. The lowest BCUT2D eigenvalue weighted by molar-refractivity contribution is -0.135. The van der Waals surface area contributed by atoms with E-state index in [0.717, 1.165) is 36.4 Å². The number of nitrogens with one attached hydrogen (secondary N) is 2. The van der Waals surface area contributed by atoms with Gasteiger partial charge in [-0.15, -0.1) is 0 Å². The maximum absolute atomic E-state index is 13.3. The van der Waals surface area contributed by atoms with E-state index in [0.29, 0.717) is 38.2 Å². The van der Waals surface area contributed by atoms with Crippen molar-refractivity contribution in [3.63, 3.8) is 0 Å². The van der Waals surface area contributed by atoms with Crippen molar-refractivity contribution < 1.29 is 27.5 Å². The largest absolute Gasteiger partial charge is 0.368 e. The van der Waals surface area contributed by atoms with Gasteiger partial charge in [0.05, 0.1) is 12.6 Å². The highest BCUT2D eigenvalue weighted by Gasteiger charge is 2.36. The van der Waals surface area contributed by atoms with E-state index in [-0.39, 0.29) is 29.8 Å². The van der Waals surface area contributed by atoms with Crippen LogP contribution >= 0.6 is 0 Å². The van der Waals surface area contributed by atoms with Gasteiger partial charge >= 0.3 is 0 Å². The smallest absolute Gasteiger partial charge is 0.260 e. The van der Waals surface area contributed by atoms with E-state index in [2.05, 4.69) is 15.6 Å². The van der Waals surface area contributed by atoms with Crippen molar-refractivity contribution in [1.29, 1.82) is 0 Å². The van der Waals surface area contributed by atoms with Gasteiger partial charge in [-0.05, 0) is 50.2 Å². The van der Waals surface area contributed by atoms with Crippen LogP contribution in [-0.4, -0.2) is 73.2 Å². The summed E-state index contributed by atoms with van der Waals surface area (Å²) in [5.74, 6) is -0.722. The van der Waals surface area contributed by atoms with Crippen molar-refractivity contribution in [2.75, 3.05) is 19.7 Å². The summed E-state index contributed by atoms with van der Waals surface area (Å²) in [5, 5.41) is 5.60. The molecule has 3 aliphatic rings. The third kappa shape index (κ3) is 6.68. The van der Waals surface area contributed by atoms with Crippen LogP contribution < -0.4 is 10.6 Å². The molecule has 36 heavy (non-hydrogen) atoms. The number of ether oxygens (including phenoxy) is 1. The Morgan fingerprint density at radius 1 is 1.08 bits per heavy atom. The van der Waals surface area contributed by atoms with Gasteiger partial charge in [-0.1, -0.05) is 38.2 Å². The van der Waals surface area contributed by atoms with Crippen molar-refractivity contribution in [3.8, 4) is 0 Å². The first kappa shape index (κ1) is 26.7. The predicted octanol–water partition coefficient (Wildman–Crippen LogP) is 1.55. The van der Waals surface area contributed by atoms with Crippen molar-refractivity contribution >= 4 is 27.6 Å². The Hall–Kier alpha value is -2.37. The Morgan fingerprint density at radius 3 is 2.58 bits per heavy atom. The summed E-state index contributed by atoms with van der Waals surface area (Å²) in [4.78, 5) is 43.0. The van der Waals surface area contributed by atoms with Crippen LogP contribution in [0.3, 0.4) is 0 Å². The number of hydrogen-bond donors (Lipinski definition) is 2. The number of pyridine rings is 1. The molecule has 2 amide bonds. The van der Waals surface area contributed by atoms with Crippen LogP contribution in [0.1, 0.15) is 64.2 Å². The van der Waals surface area contributed by atoms with Crippen molar-refractivity contribution in [3.05, 3.63) is 24.4 Å². The Morgan fingerprint density at radius 2 is 1.89 bits per heavy atom. The van der Waals surface area contributed by atoms with Crippen LogP contribution in [0.15, 0.2) is 29.4 Å². The second-order valence-electron chi connectivity index (χ2n) is 9.98. The Kier molecular flexibility index (Phi) is 9.08. The van der Waals surface area contributed by atoms with Crippen LogP contribution in [0.4, 0.5) is 0 Å². The summed E-state index contributed by atoms with van der Waals surface area (Å²) in [7, 11) is -3.91. The lowest BCUT2D eigenvalue weighted by Crippen LogP contribution is -2.54. The third-order valence-corrected chi connectivity index (χ3v) is 9.09. The minimum absolute atomic E-state index is 0.107. The maximum Gasteiger partial charge on any atom is 0.260 e. The fraction of sp³-hybridized carbons (Fsp3) is 0.680. The molecule has 0 aromatic carbocycles. The van der Waals surface area contributed by atoms with E-state index in [1.165, 1.54) is 18.7 Å². The molecular formula is C25H36N4O6S. The number of sulfonamides is 1. The number of hydrogen-bond acceptors (Lipinski definition) is 7. The molecule has 3 heterocycles. The minimum atomic E-state index is -3.91. The molecule has 0 bridgehead atoms. The normalized spacial score (nSPS) is 25.2. The van der Waals surface area contributed by atoms with E-state index in [9.17, 15) is 22.8 Å². The number of rotatable bonds is 8. The molecule has 1 unspecified atom stereocenters. The highest BCUT2D eigenvalue weighted by Crippen LogP contribution is 2.28. The Balaban J connectivity index is 1.41. The molecule has 2 saturated heterocycles. The van der Waals surface area contributed by atoms with Gasteiger partial charge in [-0.3, -0.25) is 14.4 Å². The van der Waals surface area contributed by atoms with E-state index in [4.69, 9.17) is 4.74 Å². The third-order valence-electron chi connectivity index (χ3n) is 7.33. The lowest BCUT2D eigenvalue weighted by atomic mass is 9.84. The Bertz CT molecular complexity index is 1020. The predicted molar refractivity (Wildman–Crippen MR) is 131 cm³/mol. The number of carbonyl (C=O) groups excluding carboxylic acids is 3. The standard InChI is InChI=1S/C25H36N4O6S/c30-21-17-29(36(33,34)23-12-4-5-13-26-23)14-6-10-19(21)27-24(31)20(16-18-8-2-1-3-9-18)28-25(32)22-11-7-15-35-22/h4-5,12-13,18-20,22H,1-3,6-11,14-17H2,(H,27,31)(H,28,32)/t19?,20-,22+/m0/s1. The van der Waals surface area contributed by atoms with Gasteiger partial charge in [-0.25, -0.2) is 13.4 Å². The van der Waals surface area contributed by atoms with Crippen molar-refractivity contribution in [2.24, 2.45) is 5.92 Å². The number of carbonyl (C=O) groups is 3. The fourth-order valence-corrected chi connectivity index (χ4v) is 6.67. The van der Waals surface area contributed by atoms with Crippen LogP contribution in [0, 0.1) is 5.92 Å². The molecule has 3 fully saturated rings.